The standard InChI is InChI=1S/C16H9ClN4O2S2/c17-14-4-3-13(25-14)11-8-24-16(19-11)20-15(22)10-6-12(23-21-10)9-2-1-5-18-7-9/h1-8H,(H,19,20,22). The molecule has 0 bridgehead atoms. The highest BCUT2D eigenvalue weighted by Crippen LogP contribution is 2.33. The summed E-state index contributed by atoms with van der Waals surface area (Å²) in [6.45, 7) is 0. The Bertz CT molecular complexity index is 1030. The first-order chi connectivity index (χ1) is 12.2. The lowest BCUT2D eigenvalue weighted by molar-refractivity contribution is 0.101. The van der Waals surface area contributed by atoms with Crippen LogP contribution in [0.25, 0.3) is 21.9 Å². The monoisotopic (exact) mass is 388 g/mol. The highest BCUT2D eigenvalue weighted by molar-refractivity contribution is 7.20. The van der Waals surface area contributed by atoms with Crippen LogP contribution in [0.4, 0.5) is 5.13 Å². The van der Waals surface area contributed by atoms with Crippen molar-refractivity contribution >= 4 is 45.3 Å². The van der Waals surface area contributed by atoms with E-state index in [0.29, 0.717) is 15.2 Å². The first kappa shape index (κ1) is 15.9. The molecule has 1 amide bonds. The first-order valence-electron chi connectivity index (χ1n) is 7.09. The number of nitrogens with one attached hydrogen (secondary N) is 1. The summed E-state index contributed by atoms with van der Waals surface area (Å²) in [5.74, 6) is 0.0929. The van der Waals surface area contributed by atoms with Crippen LogP contribution in [0.2, 0.25) is 4.34 Å². The Morgan fingerprint density at radius 3 is 2.96 bits per heavy atom. The molecule has 0 aliphatic carbocycles. The molecule has 4 aromatic rings. The van der Waals surface area contributed by atoms with Crippen molar-refractivity contribution in [3.05, 3.63) is 58.1 Å². The van der Waals surface area contributed by atoms with Gasteiger partial charge in [-0.3, -0.25) is 15.1 Å². The third kappa shape index (κ3) is 3.46. The van der Waals surface area contributed by atoms with E-state index in [9.17, 15) is 4.79 Å². The van der Waals surface area contributed by atoms with E-state index >= 15 is 0 Å². The van der Waals surface area contributed by atoms with E-state index in [1.54, 1.807) is 24.5 Å². The van der Waals surface area contributed by atoms with Gasteiger partial charge in [0, 0.05) is 29.4 Å². The molecule has 0 atom stereocenters. The molecule has 0 fully saturated rings. The zero-order chi connectivity index (χ0) is 17.2. The number of pyridine rings is 1. The topological polar surface area (TPSA) is 80.9 Å². The van der Waals surface area contributed by atoms with Crippen LogP contribution in [-0.2, 0) is 0 Å². The molecule has 0 radical (unpaired) electrons. The van der Waals surface area contributed by atoms with Gasteiger partial charge in [0.25, 0.3) is 5.91 Å². The number of thiophene rings is 1. The molecular formula is C16H9ClN4O2S2. The number of hydrogen-bond donors (Lipinski definition) is 1. The Balaban J connectivity index is 1.49. The van der Waals surface area contributed by atoms with Crippen LogP contribution in [0.15, 0.2) is 52.6 Å². The van der Waals surface area contributed by atoms with Crippen LogP contribution in [0.3, 0.4) is 0 Å². The number of thiazole rings is 1. The fourth-order valence-corrected chi connectivity index (χ4v) is 3.87. The van der Waals surface area contributed by atoms with Gasteiger partial charge in [0.1, 0.15) is 0 Å². The number of amides is 1. The minimum absolute atomic E-state index is 0.176. The second-order valence-electron chi connectivity index (χ2n) is 4.91. The van der Waals surface area contributed by atoms with E-state index in [4.69, 9.17) is 16.1 Å². The number of rotatable bonds is 4. The molecule has 124 valence electrons. The average Bonchev–Trinajstić information content (AvgIpc) is 3.35. The highest BCUT2D eigenvalue weighted by Gasteiger charge is 2.16. The maximum absolute atomic E-state index is 12.3. The molecule has 25 heavy (non-hydrogen) atoms. The van der Waals surface area contributed by atoms with Crippen molar-refractivity contribution in [1.29, 1.82) is 0 Å². The van der Waals surface area contributed by atoms with Gasteiger partial charge in [-0.1, -0.05) is 16.8 Å². The van der Waals surface area contributed by atoms with Crippen LogP contribution in [-0.4, -0.2) is 21.0 Å². The fourth-order valence-electron chi connectivity index (χ4n) is 2.08. The zero-order valence-electron chi connectivity index (χ0n) is 12.5. The number of anilines is 1. The number of aromatic nitrogens is 3. The Morgan fingerprint density at radius 2 is 2.20 bits per heavy atom. The summed E-state index contributed by atoms with van der Waals surface area (Å²) in [5.41, 5.74) is 1.70. The molecule has 0 saturated heterocycles. The van der Waals surface area contributed by atoms with Crippen molar-refractivity contribution in [2.24, 2.45) is 0 Å². The van der Waals surface area contributed by atoms with E-state index < -0.39 is 0 Å². The molecule has 4 heterocycles. The largest absolute Gasteiger partial charge is 0.355 e. The Hall–Kier alpha value is -2.55. The van der Waals surface area contributed by atoms with Crippen molar-refractivity contribution in [3.8, 4) is 21.9 Å². The number of carbonyl (C=O) groups excluding carboxylic acids is 1. The van der Waals surface area contributed by atoms with E-state index in [2.05, 4.69) is 20.4 Å². The second-order valence-corrected chi connectivity index (χ2v) is 7.49. The van der Waals surface area contributed by atoms with E-state index in [1.165, 1.54) is 22.7 Å². The van der Waals surface area contributed by atoms with Gasteiger partial charge in [0.2, 0.25) is 0 Å². The Kier molecular flexibility index (Phi) is 4.31. The molecule has 0 aromatic carbocycles. The lowest BCUT2D eigenvalue weighted by Gasteiger charge is -1.96. The van der Waals surface area contributed by atoms with Gasteiger partial charge < -0.3 is 4.52 Å². The van der Waals surface area contributed by atoms with Crippen molar-refractivity contribution in [2.45, 2.75) is 0 Å². The third-order valence-electron chi connectivity index (χ3n) is 3.24. The van der Waals surface area contributed by atoms with E-state index in [0.717, 1.165) is 16.1 Å². The zero-order valence-corrected chi connectivity index (χ0v) is 14.9. The summed E-state index contributed by atoms with van der Waals surface area (Å²) >= 11 is 8.70. The first-order valence-corrected chi connectivity index (χ1v) is 9.16. The molecule has 0 aliphatic heterocycles. The van der Waals surface area contributed by atoms with Gasteiger partial charge in [-0.15, -0.1) is 22.7 Å². The maximum Gasteiger partial charge on any atom is 0.279 e. The van der Waals surface area contributed by atoms with Gasteiger partial charge >= 0.3 is 0 Å². The normalized spacial score (nSPS) is 10.8. The average molecular weight is 389 g/mol. The molecule has 0 unspecified atom stereocenters. The van der Waals surface area contributed by atoms with Gasteiger partial charge in [0.15, 0.2) is 16.6 Å². The van der Waals surface area contributed by atoms with E-state index in [-0.39, 0.29) is 11.6 Å². The predicted molar refractivity (Wildman–Crippen MR) is 98.1 cm³/mol. The Labute approximate surface area is 155 Å². The van der Waals surface area contributed by atoms with E-state index in [1.807, 2.05) is 23.6 Å². The quantitative estimate of drug-likeness (QED) is 0.541. The van der Waals surface area contributed by atoms with Gasteiger partial charge in [0.05, 0.1) is 14.9 Å². The van der Waals surface area contributed by atoms with Gasteiger partial charge in [-0.05, 0) is 24.3 Å². The summed E-state index contributed by atoms with van der Waals surface area (Å²) in [6.07, 6.45) is 3.30. The second kappa shape index (κ2) is 6.75. The number of halogens is 1. The van der Waals surface area contributed by atoms with Crippen LogP contribution >= 0.6 is 34.3 Å². The summed E-state index contributed by atoms with van der Waals surface area (Å²) < 4.78 is 5.90. The summed E-state index contributed by atoms with van der Waals surface area (Å²) in [4.78, 5) is 21.7. The lowest BCUT2D eigenvalue weighted by Crippen LogP contribution is -2.11. The smallest absolute Gasteiger partial charge is 0.279 e. The molecule has 0 spiro atoms. The van der Waals surface area contributed by atoms with Crippen molar-refractivity contribution in [1.82, 2.24) is 15.1 Å². The Morgan fingerprint density at radius 1 is 1.28 bits per heavy atom. The molecule has 9 heteroatoms. The van der Waals surface area contributed by atoms with Crippen LogP contribution in [0.1, 0.15) is 10.5 Å². The van der Waals surface area contributed by atoms with Crippen LogP contribution < -0.4 is 5.32 Å². The summed E-state index contributed by atoms with van der Waals surface area (Å²) in [6, 6.07) is 8.89. The van der Waals surface area contributed by atoms with Crippen molar-refractivity contribution < 1.29 is 9.32 Å². The minimum atomic E-state index is -0.385. The molecule has 0 aliphatic rings. The number of nitrogens with zero attached hydrogens (tertiary/aromatic N) is 3. The predicted octanol–water partition coefficient (Wildman–Crippen LogP) is 4.83. The summed E-state index contributed by atoms with van der Waals surface area (Å²) in [5, 5.41) is 8.87. The summed E-state index contributed by atoms with van der Waals surface area (Å²) in [7, 11) is 0. The minimum Gasteiger partial charge on any atom is -0.355 e. The van der Waals surface area contributed by atoms with Crippen molar-refractivity contribution in [3.63, 3.8) is 0 Å². The molecular weight excluding hydrogens is 380 g/mol. The molecule has 0 saturated carbocycles. The van der Waals surface area contributed by atoms with Gasteiger partial charge in [-0.25, -0.2) is 4.98 Å². The highest BCUT2D eigenvalue weighted by atomic mass is 35.5. The molecule has 1 N–H and O–H groups in total. The molecule has 6 nitrogen and oxygen atoms in total. The molecule has 4 rings (SSSR count). The van der Waals surface area contributed by atoms with Crippen molar-refractivity contribution in [2.75, 3.05) is 5.32 Å². The number of hydrogen-bond acceptors (Lipinski definition) is 7. The van der Waals surface area contributed by atoms with Crippen LogP contribution in [0.5, 0.6) is 0 Å². The van der Waals surface area contributed by atoms with Gasteiger partial charge in [-0.2, -0.15) is 0 Å². The third-order valence-corrected chi connectivity index (χ3v) is 5.25. The lowest BCUT2D eigenvalue weighted by atomic mass is 10.2. The fraction of sp³-hybridized carbons (Fsp3) is 0. The van der Waals surface area contributed by atoms with Crippen LogP contribution in [0, 0.1) is 0 Å². The number of carbonyl (C=O) groups is 1. The molecule has 4 aromatic heterocycles. The maximum atomic E-state index is 12.3. The SMILES string of the molecule is O=C(Nc1nc(-c2ccc(Cl)s2)cs1)c1cc(-c2cccnc2)on1.